The van der Waals surface area contributed by atoms with E-state index in [1.54, 1.807) is 0 Å². The van der Waals surface area contributed by atoms with E-state index in [9.17, 15) is 4.79 Å². The standard InChI is InChI=1S/C19H23BrN2O2S/c20-15-1-3-16(4-2-15)24-10-17(23)21-19(25)22-18-13-6-11-5-12(8-13)9-14(18)7-11/h1-4,11-14,18H,5-10H2,(H2,21,22,23,25). The lowest BCUT2D eigenvalue weighted by Gasteiger charge is -2.54. The van der Waals surface area contributed by atoms with Crippen LogP contribution in [0.5, 0.6) is 5.75 Å². The van der Waals surface area contributed by atoms with Crippen LogP contribution in [-0.4, -0.2) is 23.7 Å². The number of ether oxygens (including phenoxy) is 1. The Morgan fingerprint density at radius 2 is 1.68 bits per heavy atom. The minimum atomic E-state index is -0.218. The van der Waals surface area contributed by atoms with Gasteiger partial charge in [-0.15, -0.1) is 0 Å². The predicted molar refractivity (Wildman–Crippen MR) is 104 cm³/mol. The molecule has 5 rings (SSSR count). The summed E-state index contributed by atoms with van der Waals surface area (Å²) in [6.45, 7) is -0.0366. The number of carbonyl (C=O) groups excluding carboxylic acids is 1. The van der Waals surface area contributed by atoms with E-state index < -0.39 is 0 Å². The van der Waals surface area contributed by atoms with Gasteiger partial charge in [0.15, 0.2) is 11.7 Å². The second-order valence-electron chi connectivity index (χ2n) is 7.72. The van der Waals surface area contributed by atoms with Crippen LogP contribution in [0.3, 0.4) is 0 Å². The van der Waals surface area contributed by atoms with E-state index in [1.807, 2.05) is 24.3 Å². The molecule has 0 atom stereocenters. The summed E-state index contributed by atoms with van der Waals surface area (Å²) >= 11 is 8.74. The van der Waals surface area contributed by atoms with E-state index >= 15 is 0 Å². The van der Waals surface area contributed by atoms with E-state index in [0.717, 1.165) is 28.1 Å². The van der Waals surface area contributed by atoms with Crippen LogP contribution in [0.25, 0.3) is 0 Å². The molecule has 2 N–H and O–H groups in total. The predicted octanol–water partition coefficient (Wildman–Crippen LogP) is 3.64. The van der Waals surface area contributed by atoms with Gasteiger partial charge in [-0.05, 0) is 92.3 Å². The van der Waals surface area contributed by atoms with Crippen LogP contribution in [0.15, 0.2) is 28.7 Å². The quantitative estimate of drug-likeness (QED) is 0.727. The highest BCUT2D eigenvalue weighted by molar-refractivity contribution is 9.10. The van der Waals surface area contributed by atoms with Gasteiger partial charge >= 0.3 is 0 Å². The number of thiocarbonyl (C=S) groups is 1. The molecule has 4 fully saturated rings. The molecule has 134 valence electrons. The van der Waals surface area contributed by atoms with Gasteiger partial charge in [-0.1, -0.05) is 15.9 Å². The number of nitrogens with one attached hydrogen (secondary N) is 2. The summed E-state index contributed by atoms with van der Waals surface area (Å²) in [5.41, 5.74) is 0. The third kappa shape index (κ3) is 4.00. The van der Waals surface area contributed by atoms with Gasteiger partial charge in [0, 0.05) is 10.5 Å². The van der Waals surface area contributed by atoms with E-state index in [-0.39, 0.29) is 12.5 Å². The van der Waals surface area contributed by atoms with Gasteiger partial charge in [0.1, 0.15) is 5.75 Å². The molecular formula is C19H23BrN2O2S. The van der Waals surface area contributed by atoms with Crippen LogP contribution in [0.4, 0.5) is 0 Å². The molecule has 25 heavy (non-hydrogen) atoms. The number of benzene rings is 1. The van der Waals surface area contributed by atoms with Gasteiger partial charge < -0.3 is 15.4 Å². The molecule has 4 bridgehead atoms. The summed E-state index contributed by atoms with van der Waals surface area (Å²) < 4.78 is 6.46. The fraction of sp³-hybridized carbons (Fsp3) is 0.579. The molecule has 0 aromatic heterocycles. The van der Waals surface area contributed by atoms with Crippen LogP contribution in [0.1, 0.15) is 32.1 Å². The smallest absolute Gasteiger partial charge is 0.264 e. The maximum absolute atomic E-state index is 12.1. The molecule has 0 heterocycles. The summed E-state index contributed by atoms with van der Waals surface area (Å²) in [4.78, 5) is 12.1. The van der Waals surface area contributed by atoms with Crippen LogP contribution in [0.2, 0.25) is 0 Å². The summed E-state index contributed by atoms with van der Waals surface area (Å²) in [7, 11) is 0. The lowest BCUT2D eigenvalue weighted by molar-refractivity contribution is -0.121. The lowest BCUT2D eigenvalue weighted by atomic mass is 9.54. The molecule has 1 amide bonds. The first-order valence-corrected chi connectivity index (χ1v) is 10.3. The van der Waals surface area contributed by atoms with Crippen molar-refractivity contribution in [3.05, 3.63) is 28.7 Å². The van der Waals surface area contributed by atoms with Crippen molar-refractivity contribution < 1.29 is 9.53 Å². The number of hydrogen-bond acceptors (Lipinski definition) is 3. The molecule has 4 aliphatic rings. The zero-order valence-corrected chi connectivity index (χ0v) is 16.4. The molecule has 4 aliphatic carbocycles. The molecule has 0 spiro atoms. The third-order valence-electron chi connectivity index (χ3n) is 5.96. The summed E-state index contributed by atoms with van der Waals surface area (Å²) in [5.74, 6) is 3.77. The maximum Gasteiger partial charge on any atom is 0.264 e. The monoisotopic (exact) mass is 422 g/mol. The molecule has 4 saturated carbocycles. The molecule has 0 saturated heterocycles. The zero-order valence-electron chi connectivity index (χ0n) is 14.0. The lowest BCUT2D eigenvalue weighted by Crippen LogP contribution is -2.58. The van der Waals surface area contributed by atoms with Crippen molar-refractivity contribution in [3.63, 3.8) is 0 Å². The van der Waals surface area contributed by atoms with Crippen LogP contribution < -0.4 is 15.4 Å². The van der Waals surface area contributed by atoms with Crippen molar-refractivity contribution in [1.82, 2.24) is 10.6 Å². The summed E-state index contributed by atoms with van der Waals surface area (Å²) in [6, 6.07) is 7.84. The molecule has 1 aromatic carbocycles. The van der Waals surface area contributed by atoms with Crippen molar-refractivity contribution in [2.45, 2.75) is 38.1 Å². The van der Waals surface area contributed by atoms with Gasteiger partial charge in [-0.3, -0.25) is 4.79 Å². The van der Waals surface area contributed by atoms with Crippen LogP contribution in [-0.2, 0) is 4.79 Å². The van der Waals surface area contributed by atoms with E-state index in [2.05, 4.69) is 26.6 Å². The topological polar surface area (TPSA) is 50.4 Å². The average molecular weight is 423 g/mol. The molecule has 0 radical (unpaired) electrons. The van der Waals surface area contributed by atoms with Crippen molar-refractivity contribution in [2.24, 2.45) is 23.7 Å². The largest absolute Gasteiger partial charge is 0.484 e. The Morgan fingerprint density at radius 3 is 2.28 bits per heavy atom. The highest BCUT2D eigenvalue weighted by Gasteiger charge is 2.48. The van der Waals surface area contributed by atoms with Crippen molar-refractivity contribution in [3.8, 4) is 5.75 Å². The Hall–Kier alpha value is -1.14. The fourth-order valence-electron chi connectivity index (χ4n) is 5.19. The number of carbonyl (C=O) groups is 1. The average Bonchev–Trinajstić information content (AvgIpc) is 2.57. The molecule has 1 aromatic rings. The number of hydrogen-bond donors (Lipinski definition) is 2. The Labute approximate surface area is 162 Å². The minimum Gasteiger partial charge on any atom is -0.484 e. The van der Waals surface area contributed by atoms with Crippen molar-refractivity contribution >= 4 is 39.2 Å². The highest BCUT2D eigenvalue weighted by Crippen LogP contribution is 2.53. The number of halogens is 1. The van der Waals surface area contributed by atoms with Gasteiger partial charge in [0.05, 0.1) is 0 Å². The zero-order chi connectivity index (χ0) is 17.4. The normalized spacial score (nSPS) is 32.3. The van der Waals surface area contributed by atoms with Gasteiger partial charge in [0.25, 0.3) is 5.91 Å². The highest BCUT2D eigenvalue weighted by atomic mass is 79.9. The van der Waals surface area contributed by atoms with Crippen LogP contribution >= 0.6 is 28.1 Å². The van der Waals surface area contributed by atoms with Crippen molar-refractivity contribution in [2.75, 3.05) is 6.61 Å². The molecule has 4 nitrogen and oxygen atoms in total. The van der Waals surface area contributed by atoms with Gasteiger partial charge in [-0.2, -0.15) is 0 Å². The van der Waals surface area contributed by atoms with E-state index in [0.29, 0.717) is 16.9 Å². The molecular weight excluding hydrogens is 400 g/mol. The minimum absolute atomic E-state index is 0.0366. The first-order chi connectivity index (χ1) is 12.1. The van der Waals surface area contributed by atoms with Gasteiger partial charge in [0.2, 0.25) is 0 Å². The Bertz CT molecular complexity index is 636. The Balaban J connectivity index is 1.24. The second kappa shape index (κ2) is 7.23. The third-order valence-corrected chi connectivity index (χ3v) is 6.71. The fourth-order valence-corrected chi connectivity index (χ4v) is 5.70. The number of amides is 1. The Morgan fingerprint density at radius 1 is 1.08 bits per heavy atom. The first kappa shape index (κ1) is 17.3. The molecule has 0 aliphatic heterocycles. The number of rotatable bonds is 4. The van der Waals surface area contributed by atoms with Crippen molar-refractivity contribution in [1.29, 1.82) is 0 Å². The first-order valence-electron chi connectivity index (χ1n) is 9.05. The molecule has 0 unspecified atom stereocenters. The summed E-state index contributed by atoms with van der Waals surface area (Å²) in [5, 5.41) is 6.65. The molecule has 6 heteroatoms. The van der Waals surface area contributed by atoms with Crippen LogP contribution in [0, 0.1) is 23.7 Å². The maximum atomic E-state index is 12.1. The van der Waals surface area contributed by atoms with E-state index in [4.69, 9.17) is 17.0 Å². The van der Waals surface area contributed by atoms with Gasteiger partial charge in [-0.25, -0.2) is 0 Å². The Kier molecular flexibility index (Phi) is 5.00. The summed E-state index contributed by atoms with van der Waals surface area (Å²) in [6.07, 6.45) is 6.75. The SMILES string of the molecule is O=C(COc1ccc(Br)cc1)NC(=S)NC1C2CC3CC(C2)CC1C3. The second-order valence-corrected chi connectivity index (χ2v) is 9.04. The van der Waals surface area contributed by atoms with E-state index in [1.165, 1.54) is 32.1 Å².